The number of ether oxygens (including phenoxy) is 1. The summed E-state index contributed by atoms with van der Waals surface area (Å²) in [5, 5.41) is 5.23. The van der Waals surface area contributed by atoms with Crippen LogP contribution in [0.15, 0.2) is 63.9 Å². The van der Waals surface area contributed by atoms with E-state index in [9.17, 15) is 9.59 Å². The molecule has 0 saturated heterocycles. The van der Waals surface area contributed by atoms with Crippen molar-refractivity contribution in [3.63, 3.8) is 0 Å². The van der Waals surface area contributed by atoms with Gasteiger partial charge in [0.05, 0.1) is 23.6 Å². The van der Waals surface area contributed by atoms with Gasteiger partial charge in [-0.1, -0.05) is 17.8 Å². The summed E-state index contributed by atoms with van der Waals surface area (Å²) in [5.74, 6) is 0.705. The largest absolute Gasteiger partial charge is 0.494 e. The molecule has 164 valence electrons. The molecule has 2 aromatic heterocycles. The molecule has 0 aliphatic heterocycles. The third kappa shape index (κ3) is 4.71. The third-order valence-corrected chi connectivity index (χ3v) is 6.81. The first-order valence-corrected chi connectivity index (χ1v) is 12.1. The topological polar surface area (TPSA) is 73.2 Å². The number of benzene rings is 2. The Morgan fingerprint density at radius 3 is 2.62 bits per heavy atom. The molecule has 0 spiro atoms. The van der Waals surface area contributed by atoms with Crippen LogP contribution in [0.5, 0.6) is 5.75 Å². The Labute approximate surface area is 194 Å². The Morgan fingerprint density at radius 2 is 1.91 bits per heavy atom. The van der Waals surface area contributed by atoms with E-state index < -0.39 is 0 Å². The zero-order valence-corrected chi connectivity index (χ0v) is 19.7. The van der Waals surface area contributed by atoms with Crippen LogP contribution in [0.2, 0.25) is 0 Å². The van der Waals surface area contributed by atoms with Gasteiger partial charge in [-0.15, -0.1) is 11.3 Å². The summed E-state index contributed by atoms with van der Waals surface area (Å²) in [6, 6.07) is 14.9. The van der Waals surface area contributed by atoms with Crippen LogP contribution in [0.4, 0.5) is 5.69 Å². The number of nitrogens with zero attached hydrogens (tertiary/aromatic N) is 2. The first-order valence-electron chi connectivity index (χ1n) is 10.2. The number of thiophene rings is 1. The Bertz CT molecular complexity index is 1330. The first kappa shape index (κ1) is 22.1. The number of hydrogen-bond acceptors (Lipinski definition) is 6. The van der Waals surface area contributed by atoms with Crippen molar-refractivity contribution in [1.29, 1.82) is 0 Å². The minimum Gasteiger partial charge on any atom is -0.494 e. The predicted octanol–water partition coefficient (Wildman–Crippen LogP) is 5.19. The number of rotatable bonds is 7. The Morgan fingerprint density at radius 1 is 1.12 bits per heavy atom. The van der Waals surface area contributed by atoms with Gasteiger partial charge in [-0.25, -0.2) is 4.98 Å². The van der Waals surface area contributed by atoms with Crippen molar-refractivity contribution in [2.45, 2.75) is 25.9 Å². The quantitative estimate of drug-likeness (QED) is 0.300. The Hall–Kier alpha value is -3.10. The lowest BCUT2D eigenvalue weighted by Crippen LogP contribution is -2.22. The number of anilines is 1. The lowest BCUT2D eigenvalue weighted by Gasteiger charge is -2.13. The smallest absolute Gasteiger partial charge is 0.276 e. The molecule has 1 N–H and O–H groups in total. The molecule has 4 aromatic rings. The van der Waals surface area contributed by atoms with Crippen molar-refractivity contribution in [2.75, 3.05) is 17.7 Å². The molecule has 0 bridgehead atoms. The lowest BCUT2D eigenvalue weighted by atomic mass is 10.1. The van der Waals surface area contributed by atoms with E-state index in [4.69, 9.17) is 4.74 Å². The highest BCUT2D eigenvalue weighted by atomic mass is 32.2. The van der Waals surface area contributed by atoms with Crippen molar-refractivity contribution < 1.29 is 9.53 Å². The highest BCUT2D eigenvalue weighted by molar-refractivity contribution is 7.99. The maximum Gasteiger partial charge on any atom is 0.276 e. The number of nitrogens with one attached hydrogen (secondary N) is 1. The molecule has 2 aromatic carbocycles. The van der Waals surface area contributed by atoms with E-state index in [1.165, 1.54) is 23.1 Å². The van der Waals surface area contributed by atoms with E-state index in [-0.39, 0.29) is 17.2 Å². The van der Waals surface area contributed by atoms with Crippen LogP contribution in [-0.2, 0) is 4.79 Å². The molecule has 1 amide bonds. The summed E-state index contributed by atoms with van der Waals surface area (Å²) in [6.07, 6.45) is 0. The molecular weight excluding hydrogens is 442 g/mol. The van der Waals surface area contributed by atoms with Gasteiger partial charge in [-0.2, -0.15) is 0 Å². The number of fused-ring (bicyclic) bond motifs is 1. The average molecular weight is 466 g/mol. The predicted molar refractivity (Wildman–Crippen MR) is 132 cm³/mol. The normalized spacial score (nSPS) is 11.0. The Kier molecular flexibility index (Phi) is 6.62. The van der Waals surface area contributed by atoms with Gasteiger partial charge >= 0.3 is 0 Å². The summed E-state index contributed by atoms with van der Waals surface area (Å²) < 4.78 is 7.63. The van der Waals surface area contributed by atoms with Crippen LogP contribution in [0, 0.1) is 13.8 Å². The zero-order chi connectivity index (χ0) is 22.7. The van der Waals surface area contributed by atoms with Crippen molar-refractivity contribution in [3.8, 4) is 11.4 Å². The summed E-state index contributed by atoms with van der Waals surface area (Å²) in [7, 11) is 0. The van der Waals surface area contributed by atoms with Gasteiger partial charge in [0, 0.05) is 5.69 Å². The standard InChI is InChI=1S/C24H23N3O3S2/c1-4-30-19-9-6-17(7-10-19)25-21(28)14-32-24-26-20-11-12-31-22(20)23(29)27(24)18-8-5-15(2)16(3)13-18/h5-13H,4,14H2,1-3H3,(H,25,28). The van der Waals surface area contributed by atoms with Crippen molar-refractivity contribution in [2.24, 2.45) is 0 Å². The molecule has 8 heteroatoms. The monoisotopic (exact) mass is 465 g/mol. The van der Waals surface area contributed by atoms with Gasteiger partial charge in [0.1, 0.15) is 10.4 Å². The van der Waals surface area contributed by atoms with Crippen molar-refractivity contribution in [3.05, 3.63) is 75.4 Å². The average Bonchev–Trinajstić information content (AvgIpc) is 3.25. The summed E-state index contributed by atoms with van der Waals surface area (Å²) in [4.78, 5) is 30.5. The molecule has 0 saturated carbocycles. The van der Waals surface area contributed by atoms with E-state index in [1.807, 2.05) is 62.5 Å². The van der Waals surface area contributed by atoms with Crippen LogP contribution in [0.25, 0.3) is 15.9 Å². The van der Waals surface area contributed by atoms with Gasteiger partial charge in [0.15, 0.2) is 5.16 Å². The fourth-order valence-corrected chi connectivity index (χ4v) is 4.78. The number of hydrogen-bond donors (Lipinski definition) is 1. The summed E-state index contributed by atoms with van der Waals surface area (Å²) in [6.45, 7) is 6.56. The number of carbonyl (C=O) groups is 1. The van der Waals surface area contributed by atoms with Crippen molar-refractivity contribution in [1.82, 2.24) is 9.55 Å². The van der Waals surface area contributed by atoms with Gasteiger partial charge < -0.3 is 10.1 Å². The number of aryl methyl sites for hydroxylation is 2. The first-order chi connectivity index (χ1) is 15.5. The molecule has 0 radical (unpaired) electrons. The molecule has 0 atom stereocenters. The van der Waals surface area contributed by atoms with E-state index in [2.05, 4.69) is 10.3 Å². The fraction of sp³-hybridized carbons (Fsp3) is 0.208. The Balaban J connectivity index is 1.58. The summed E-state index contributed by atoms with van der Waals surface area (Å²) in [5.41, 5.74) is 4.19. The van der Waals surface area contributed by atoms with Gasteiger partial charge in [-0.05, 0) is 79.7 Å². The molecule has 0 aliphatic carbocycles. The second kappa shape index (κ2) is 9.58. The van der Waals surface area contributed by atoms with E-state index in [0.29, 0.717) is 27.7 Å². The van der Waals surface area contributed by atoms with Crippen LogP contribution >= 0.6 is 23.1 Å². The van der Waals surface area contributed by atoms with Gasteiger partial charge in [0.25, 0.3) is 5.56 Å². The molecule has 0 aliphatic rings. The number of carbonyl (C=O) groups excluding carboxylic acids is 1. The van der Waals surface area contributed by atoms with Crippen molar-refractivity contribution >= 4 is 44.9 Å². The van der Waals surface area contributed by atoms with E-state index >= 15 is 0 Å². The SMILES string of the molecule is CCOc1ccc(NC(=O)CSc2nc3ccsc3c(=O)n2-c2ccc(C)c(C)c2)cc1. The second-order valence-corrected chi connectivity index (χ2v) is 9.09. The van der Waals surface area contributed by atoms with E-state index in [0.717, 1.165) is 22.6 Å². The molecule has 0 fully saturated rings. The van der Waals surface area contributed by atoms with Crippen LogP contribution in [0.3, 0.4) is 0 Å². The van der Waals surface area contributed by atoms with Gasteiger partial charge in [0.2, 0.25) is 5.91 Å². The van der Waals surface area contributed by atoms with E-state index in [1.54, 1.807) is 16.7 Å². The fourth-order valence-electron chi connectivity index (χ4n) is 3.21. The zero-order valence-electron chi connectivity index (χ0n) is 18.0. The lowest BCUT2D eigenvalue weighted by molar-refractivity contribution is -0.113. The molecule has 32 heavy (non-hydrogen) atoms. The number of amides is 1. The van der Waals surface area contributed by atoms with Crippen LogP contribution in [0.1, 0.15) is 18.1 Å². The molecule has 0 unspecified atom stereocenters. The minimum absolute atomic E-state index is 0.123. The number of thioether (sulfide) groups is 1. The third-order valence-electron chi connectivity index (χ3n) is 4.98. The molecule has 6 nitrogen and oxygen atoms in total. The maximum absolute atomic E-state index is 13.2. The number of aromatic nitrogens is 2. The van der Waals surface area contributed by atoms with Crippen LogP contribution in [-0.4, -0.2) is 27.8 Å². The summed E-state index contributed by atoms with van der Waals surface area (Å²) >= 11 is 2.62. The highest BCUT2D eigenvalue weighted by Crippen LogP contribution is 2.25. The molecule has 4 rings (SSSR count). The molecular formula is C24H23N3O3S2. The van der Waals surface area contributed by atoms with Gasteiger partial charge in [-0.3, -0.25) is 14.2 Å². The highest BCUT2D eigenvalue weighted by Gasteiger charge is 2.16. The second-order valence-electron chi connectivity index (χ2n) is 7.23. The van der Waals surface area contributed by atoms with Crippen LogP contribution < -0.4 is 15.6 Å². The minimum atomic E-state index is -0.175. The maximum atomic E-state index is 13.2. The molecule has 2 heterocycles.